The van der Waals surface area contributed by atoms with Crippen LogP contribution in [0.15, 0.2) is 72.8 Å². The molecule has 1 heterocycles. The van der Waals surface area contributed by atoms with E-state index in [1.807, 2.05) is 61.2 Å². The maximum absolute atomic E-state index is 12.6. The molecule has 7 nitrogen and oxygen atoms in total. The monoisotopic (exact) mass is 550 g/mol. The van der Waals surface area contributed by atoms with E-state index in [9.17, 15) is 9.59 Å². The van der Waals surface area contributed by atoms with Gasteiger partial charge in [0.2, 0.25) is 5.91 Å². The number of carbonyl (C=O) groups is 2. The van der Waals surface area contributed by atoms with Crippen LogP contribution in [-0.4, -0.2) is 48.0 Å². The van der Waals surface area contributed by atoms with Gasteiger partial charge in [-0.25, -0.2) is 0 Å². The number of nitrogens with zero attached hydrogens (tertiary/aromatic N) is 2. The van der Waals surface area contributed by atoms with Gasteiger partial charge in [0.05, 0.1) is 10.7 Å². The summed E-state index contributed by atoms with van der Waals surface area (Å²) in [6.45, 7) is 7.07. The fraction of sp³-hybridized carbons (Fsp3) is 0.276. The van der Waals surface area contributed by atoms with Crippen LogP contribution in [0.4, 0.5) is 11.4 Å². The summed E-state index contributed by atoms with van der Waals surface area (Å²) in [5.41, 5.74) is 3.10. The van der Waals surface area contributed by atoms with E-state index in [-0.39, 0.29) is 22.8 Å². The molecule has 1 saturated heterocycles. The molecule has 3 aromatic carbocycles. The molecule has 0 spiro atoms. The highest BCUT2D eigenvalue weighted by atomic mass is 35.5. The number of piperazine rings is 1. The van der Waals surface area contributed by atoms with Gasteiger partial charge >= 0.3 is 0 Å². The number of hydrogen-bond acceptors (Lipinski definition) is 5. The van der Waals surface area contributed by atoms with Gasteiger partial charge in [-0.05, 0) is 60.2 Å². The predicted molar refractivity (Wildman–Crippen MR) is 156 cm³/mol. The smallest absolute Gasteiger partial charge is 0.257 e. The van der Waals surface area contributed by atoms with Crippen molar-refractivity contribution >= 4 is 52.1 Å². The van der Waals surface area contributed by atoms with Gasteiger partial charge in [-0.1, -0.05) is 55.8 Å². The average molecular weight is 551 g/mol. The van der Waals surface area contributed by atoms with Gasteiger partial charge in [-0.15, -0.1) is 0 Å². The van der Waals surface area contributed by atoms with Crippen LogP contribution >= 0.6 is 23.8 Å². The van der Waals surface area contributed by atoms with Crippen LogP contribution in [0.1, 0.15) is 29.8 Å². The molecule has 1 aliphatic heterocycles. The zero-order valence-electron chi connectivity index (χ0n) is 21.4. The van der Waals surface area contributed by atoms with E-state index in [1.165, 1.54) is 0 Å². The van der Waals surface area contributed by atoms with Crippen LogP contribution in [0.2, 0.25) is 5.02 Å². The molecule has 3 aromatic rings. The van der Waals surface area contributed by atoms with E-state index >= 15 is 0 Å². The maximum atomic E-state index is 12.6. The molecule has 0 bridgehead atoms. The van der Waals surface area contributed by atoms with Crippen molar-refractivity contribution in [1.29, 1.82) is 0 Å². The fourth-order valence-electron chi connectivity index (χ4n) is 4.16. The topological polar surface area (TPSA) is 73.9 Å². The Hall–Kier alpha value is -3.62. The number of anilines is 2. The highest BCUT2D eigenvalue weighted by molar-refractivity contribution is 7.80. The molecule has 0 saturated carbocycles. The van der Waals surface area contributed by atoms with Gasteiger partial charge in [0, 0.05) is 43.3 Å². The van der Waals surface area contributed by atoms with Crippen LogP contribution in [-0.2, 0) is 11.4 Å². The highest BCUT2D eigenvalue weighted by Crippen LogP contribution is 2.30. The number of halogens is 1. The second-order valence-corrected chi connectivity index (χ2v) is 10.2. The number of rotatable bonds is 7. The van der Waals surface area contributed by atoms with E-state index in [1.54, 1.807) is 30.3 Å². The molecule has 0 radical (unpaired) electrons. The number of ether oxygens (including phenoxy) is 1. The molecule has 38 heavy (non-hydrogen) atoms. The summed E-state index contributed by atoms with van der Waals surface area (Å²) in [7, 11) is 0. The minimum atomic E-state index is -0.325. The lowest BCUT2D eigenvalue weighted by Crippen LogP contribution is -2.50. The van der Waals surface area contributed by atoms with Gasteiger partial charge < -0.3 is 19.9 Å². The van der Waals surface area contributed by atoms with E-state index < -0.39 is 0 Å². The van der Waals surface area contributed by atoms with Crippen molar-refractivity contribution in [1.82, 2.24) is 10.2 Å². The van der Waals surface area contributed by atoms with Crippen molar-refractivity contribution in [3.8, 4) is 5.75 Å². The van der Waals surface area contributed by atoms with Crippen LogP contribution in [0, 0.1) is 5.92 Å². The summed E-state index contributed by atoms with van der Waals surface area (Å²) < 4.78 is 5.77. The first-order valence-electron chi connectivity index (χ1n) is 12.5. The molecule has 1 fully saturated rings. The zero-order valence-corrected chi connectivity index (χ0v) is 23.0. The van der Waals surface area contributed by atoms with Gasteiger partial charge in [-0.2, -0.15) is 0 Å². The number of hydrogen-bond donors (Lipinski definition) is 2. The Labute approximate surface area is 233 Å². The van der Waals surface area contributed by atoms with Crippen molar-refractivity contribution in [2.45, 2.75) is 20.5 Å². The molecule has 0 unspecified atom stereocenters. The third-order valence-corrected chi connectivity index (χ3v) is 6.73. The van der Waals surface area contributed by atoms with Gasteiger partial charge in [0.25, 0.3) is 5.91 Å². The summed E-state index contributed by atoms with van der Waals surface area (Å²) in [6, 6.07) is 22.3. The molecule has 4 rings (SSSR count). The third-order valence-electron chi connectivity index (χ3n) is 6.22. The first-order chi connectivity index (χ1) is 18.3. The highest BCUT2D eigenvalue weighted by Gasteiger charge is 2.24. The Morgan fingerprint density at radius 1 is 0.974 bits per heavy atom. The van der Waals surface area contributed by atoms with E-state index in [0.29, 0.717) is 41.7 Å². The van der Waals surface area contributed by atoms with Crippen molar-refractivity contribution < 1.29 is 14.3 Å². The van der Waals surface area contributed by atoms with Crippen molar-refractivity contribution in [3.05, 3.63) is 88.9 Å². The zero-order chi connectivity index (χ0) is 27.1. The SMILES string of the molecule is CC(C)C(=O)N1CCN(c2ccc(NC(=S)NC(=O)c3ccc(OCc4ccccc4)cc3)cc2Cl)CC1. The molecule has 9 heteroatoms. The van der Waals surface area contributed by atoms with E-state index in [4.69, 9.17) is 28.6 Å². The van der Waals surface area contributed by atoms with E-state index in [0.717, 1.165) is 24.3 Å². The molecule has 198 valence electrons. The van der Waals surface area contributed by atoms with Crippen molar-refractivity contribution in [2.24, 2.45) is 5.92 Å². The fourth-order valence-corrected chi connectivity index (χ4v) is 4.67. The molecule has 0 aliphatic carbocycles. The molecule has 0 aromatic heterocycles. The normalized spacial score (nSPS) is 13.3. The number of amides is 2. The Morgan fingerprint density at radius 3 is 2.29 bits per heavy atom. The molecular weight excluding hydrogens is 520 g/mol. The lowest BCUT2D eigenvalue weighted by molar-refractivity contribution is -0.134. The van der Waals surface area contributed by atoms with E-state index in [2.05, 4.69) is 15.5 Å². The lowest BCUT2D eigenvalue weighted by Gasteiger charge is -2.37. The summed E-state index contributed by atoms with van der Waals surface area (Å²) in [5, 5.41) is 6.45. The molecule has 1 aliphatic rings. The van der Waals surface area contributed by atoms with Crippen LogP contribution in [0.25, 0.3) is 0 Å². The number of carbonyl (C=O) groups excluding carboxylic acids is 2. The first-order valence-corrected chi connectivity index (χ1v) is 13.3. The second-order valence-electron chi connectivity index (χ2n) is 9.34. The summed E-state index contributed by atoms with van der Waals surface area (Å²) in [6.07, 6.45) is 0. The van der Waals surface area contributed by atoms with Crippen LogP contribution in [0.3, 0.4) is 0 Å². The Balaban J connectivity index is 1.27. The van der Waals surface area contributed by atoms with Crippen LogP contribution in [0.5, 0.6) is 5.75 Å². The predicted octanol–water partition coefficient (Wildman–Crippen LogP) is 5.35. The molecule has 0 atom stereocenters. The van der Waals surface area contributed by atoms with Crippen molar-refractivity contribution in [3.63, 3.8) is 0 Å². The van der Waals surface area contributed by atoms with Gasteiger partial charge in [0.1, 0.15) is 12.4 Å². The largest absolute Gasteiger partial charge is 0.489 e. The summed E-state index contributed by atoms with van der Waals surface area (Å²) in [4.78, 5) is 28.9. The number of thiocarbonyl (C=S) groups is 1. The quantitative estimate of drug-likeness (QED) is 0.386. The summed E-state index contributed by atoms with van der Waals surface area (Å²) >= 11 is 11.9. The second kappa shape index (κ2) is 12.8. The van der Waals surface area contributed by atoms with Gasteiger partial charge in [0.15, 0.2) is 5.11 Å². The average Bonchev–Trinajstić information content (AvgIpc) is 2.92. The first kappa shape index (κ1) is 27.4. The maximum Gasteiger partial charge on any atom is 0.257 e. The standard InChI is InChI=1S/C29H31ClN4O3S/c1-20(2)28(36)34-16-14-33(15-17-34)26-13-10-23(18-25(26)30)31-29(38)32-27(35)22-8-11-24(12-9-22)37-19-21-6-4-3-5-7-21/h3-13,18,20H,14-17,19H2,1-2H3,(H2,31,32,35,38). The molecular formula is C29H31ClN4O3S. The molecule has 2 N–H and O–H groups in total. The van der Waals surface area contributed by atoms with Gasteiger partial charge in [-0.3, -0.25) is 14.9 Å². The molecule has 2 amide bonds. The Kier molecular flexibility index (Phi) is 9.20. The van der Waals surface area contributed by atoms with Crippen molar-refractivity contribution in [2.75, 3.05) is 36.4 Å². The number of benzene rings is 3. The number of nitrogens with one attached hydrogen (secondary N) is 2. The minimum Gasteiger partial charge on any atom is -0.489 e. The summed E-state index contributed by atoms with van der Waals surface area (Å²) in [5.74, 6) is 0.527. The van der Waals surface area contributed by atoms with Crippen LogP contribution < -0.4 is 20.3 Å². The minimum absolute atomic E-state index is 0.00173. The lowest BCUT2D eigenvalue weighted by atomic mass is 10.1. The third kappa shape index (κ3) is 7.24. The Bertz CT molecular complexity index is 1280. The Morgan fingerprint density at radius 2 is 1.66 bits per heavy atom.